The monoisotopic (exact) mass is 367 g/mol. The zero-order valence-electron chi connectivity index (χ0n) is 16.7. The van der Waals surface area contributed by atoms with E-state index >= 15 is 0 Å². The fraction of sp³-hybridized carbons (Fsp3) is 0.409. The summed E-state index contributed by atoms with van der Waals surface area (Å²) >= 11 is 0. The summed E-state index contributed by atoms with van der Waals surface area (Å²) in [6, 6.07) is 14.8. The number of carbonyl (C=O) groups is 1. The highest BCUT2D eigenvalue weighted by molar-refractivity contribution is 5.88. The summed E-state index contributed by atoms with van der Waals surface area (Å²) in [5.41, 5.74) is 4.55. The Labute approximate surface area is 161 Å². The van der Waals surface area contributed by atoms with Crippen molar-refractivity contribution < 1.29 is 9.53 Å². The molecule has 1 unspecified atom stereocenters. The summed E-state index contributed by atoms with van der Waals surface area (Å²) in [5, 5.41) is 2.82. The van der Waals surface area contributed by atoms with E-state index in [1.807, 2.05) is 12.1 Å². The van der Waals surface area contributed by atoms with Gasteiger partial charge in [0.2, 0.25) is 5.91 Å². The highest BCUT2D eigenvalue weighted by Crippen LogP contribution is 2.27. The van der Waals surface area contributed by atoms with Crippen molar-refractivity contribution in [1.29, 1.82) is 0 Å². The number of nitrogens with zero attached hydrogens (tertiary/aromatic N) is 2. The second-order valence-electron chi connectivity index (χ2n) is 7.62. The van der Waals surface area contributed by atoms with Crippen LogP contribution in [0.5, 0.6) is 5.75 Å². The van der Waals surface area contributed by atoms with E-state index in [1.54, 1.807) is 0 Å². The Balaban J connectivity index is 1.80. The van der Waals surface area contributed by atoms with Crippen LogP contribution in [0.3, 0.4) is 0 Å². The van der Waals surface area contributed by atoms with E-state index in [-0.39, 0.29) is 5.91 Å². The molecule has 2 aromatic carbocycles. The van der Waals surface area contributed by atoms with Crippen LogP contribution in [0, 0.1) is 6.92 Å². The number of anilines is 1. The van der Waals surface area contributed by atoms with Gasteiger partial charge in [-0.1, -0.05) is 29.8 Å². The van der Waals surface area contributed by atoms with E-state index in [1.165, 1.54) is 23.6 Å². The topological polar surface area (TPSA) is 44.8 Å². The molecule has 1 amide bonds. The zero-order valence-corrected chi connectivity index (χ0v) is 16.7. The largest absolute Gasteiger partial charge is 0.492 e. The molecule has 0 saturated heterocycles. The van der Waals surface area contributed by atoms with Crippen LogP contribution in [-0.4, -0.2) is 49.0 Å². The second-order valence-corrected chi connectivity index (χ2v) is 7.62. The van der Waals surface area contributed by atoms with Gasteiger partial charge in [-0.25, -0.2) is 0 Å². The van der Waals surface area contributed by atoms with Crippen molar-refractivity contribution in [2.24, 2.45) is 0 Å². The fourth-order valence-corrected chi connectivity index (χ4v) is 3.52. The minimum atomic E-state index is -0.0505. The lowest BCUT2D eigenvalue weighted by atomic mass is 10.1. The molecule has 2 aromatic rings. The lowest BCUT2D eigenvalue weighted by molar-refractivity contribution is -0.114. The molecule has 144 valence electrons. The van der Waals surface area contributed by atoms with E-state index in [0.717, 1.165) is 31.1 Å². The Morgan fingerprint density at radius 3 is 2.63 bits per heavy atom. The Kier molecular flexibility index (Phi) is 6.14. The van der Waals surface area contributed by atoms with Crippen LogP contribution in [0.4, 0.5) is 5.69 Å². The van der Waals surface area contributed by atoms with Gasteiger partial charge < -0.3 is 15.0 Å². The smallest absolute Gasteiger partial charge is 0.221 e. The number of fused-ring (bicyclic) bond motifs is 1. The maximum absolute atomic E-state index is 11.2. The van der Waals surface area contributed by atoms with Gasteiger partial charge in [0.1, 0.15) is 12.4 Å². The van der Waals surface area contributed by atoms with E-state index < -0.39 is 0 Å². The first-order chi connectivity index (χ1) is 12.9. The van der Waals surface area contributed by atoms with Gasteiger partial charge in [-0.15, -0.1) is 0 Å². The molecule has 1 aliphatic heterocycles. The highest BCUT2D eigenvalue weighted by atomic mass is 16.5. The maximum Gasteiger partial charge on any atom is 0.221 e. The standard InChI is InChI=1S/C22H29N3O2/c1-16-5-10-22-19(11-16)13-25(21(15-27-22)14-24(3)4)12-18-6-8-20(9-7-18)23-17(2)26/h5-11,21H,12-15H2,1-4H3,(H,23,26). The molecule has 0 radical (unpaired) electrons. The summed E-state index contributed by atoms with van der Waals surface area (Å²) in [6.07, 6.45) is 0. The van der Waals surface area contributed by atoms with Crippen LogP contribution in [0.1, 0.15) is 23.6 Å². The number of hydrogen-bond donors (Lipinski definition) is 1. The second kappa shape index (κ2) is 8.55. The number of benzene rings is 2. The van der Waals surface area contributed by atoms with Gasteiger partial charge in [0.15, 0.2) is 0 Å². The summed E-state index contributed by atoms with van der Waals surface area (Å²) in [7, 11) is 4.20. The minimum absolute atomic E-state index is 0.0505. The molecule has 0 aromatic heterocycles. The van der Waals surface area contributed by atoms with E-state index in [2.05, 4.69) is 66.5 Å². The van der Waals surface area contributed by atoms with Gasteiger partial charge in [0, 0.05) is 37.8 Å². The molecule has 5 heteroatoms. The van der Waals surface area contributed by atoms with Crippen molar-refractivity contribution in [3.63, 3.8) is 0 Å². The molecule has 1 N–H and O–H groups in total. The molecule has 27 heavy (non-hydrogen) atoms. The van der Waals surface area contributed by atoms with E-state index in [4.69, 9.17) is 4.74 Å². The summed E-state index contributed by atoms with van der Waals surface area (Å²) < 4.78 is 6.13. The third-order valence-corrected chi connectivity index (χ3v) is 4.77. The van der Waals surface area contributed by atoms with Crippen molar-refractivity contribution in [1.82, 2.24) is 9.80 Å². The zero-order chi connectivity index (χ0) is 19.4. The third kappa shape index (κ3) is 5.31. The Bertz CT molecular complexity index is 787. The number of ether oxygens (including phenoxy) is 1. The Hall–Kier alpha value is -2.37. The summed E-state index contributed by atoms with van der Waals surface area (Å²) in [6.45, 7) is 6.97. The minimum Gasteiger partial charge on any atom is -0.492 e. The number of nitrogens with one attached hydrogen (secondary N) is 1. The average Bonchev–Trinajstić information content (AvgIpc) is 2.75. The third-order valence-electron chi connectivity index (χ3n) is 4.77. The Morgan fingerprint density at radius 2 is 1.96 bits per heavy atom. The number of amides is 1. The molecule has 1 heterocycles. The molecule has 0 saturated carbocycles. The van der Waals surface area contributed by atoms with Crippen LogP contribution in [-0.2, 0) is 17.9 Å². The highest BCUT2D eigenvalue weighted by Gasteiger charge is 2.25. The summed E-state index contributed by atoms with van der Waals surface area (Å²) in [5.74, 6) is 0.943. The molecule has 0 spiro atoms. The molecule has 0 aliphatic carbocycles. The maximum atomic E-state index is 11.2. The van der Waals surface area contributed by atoms with Crippen LogP contribution in [0.25, 0.3) is 0 Å². The molecule has 1 aliphatic rings. The van der Waals surface area contributed by atoms with Gasteiger partial charge in [-0.05, 0) is 44.8 Å². The first-order valence-corrected chi connectivity index (χ1v) is 9.38. The molecule has 3 rings (SSSR count). The predicted molar refractivity (Wildman–Crippen MR) is 109 cm³/mol. The number of rotatable bonds is 5. The normalized spacial score (nSPS) is 17.1. The SMILES string of the molecule is CC(=O)Nc1ccc(CN2Cc3cc(C)ccc3OCC2CN(C)C)cc1. The molecule has 0 bridgehead atoms. The van der Waals surface area contributed by atoms with Gasteiger partial charge in [0.05, 0.1) is 6.04 Å². The molecule has 5 nitrogen and oxygen atoms in total. The number of likely N-dealkylation sites (N-methyl/N-ethyl adjacent to an activating group) is 1. The molecule has 1 atom stereocenters. The van der Waals surface area contributed by atoms with Crippen LogP contribution in [0.2, 0.25) is 0 Å². The van der Waals surface area contributed by atoms with Crippen LogP contribution in [0.15, 0.2) is 42.5 Å². The van der Waals surface area contributed by atoms with Crippen LogP contribution >= 0.6 is 0 Å². The summed E-state index contributed by atoms with van der Waals surface area (Å²) in [4.78, 5) is 15.9. The van der Waals surface area contributed by atoms with E-state index in [9.17, 15) is 4.79 Å². The van der Waals surface area contributed by atoms with Gasteiger partial charge in [-0.2, -0.15) is 0 Å². The van der Waals surface area contributed by atoms with Gasteiger partial charge in [0.25, 0.3) is 0 Å². The number of aryl methyl sites for hydroxylation is 1. The first-order valence-electron chi connectivity index (χ1n) is 9.38. The van der Waals surface area contributed by atoms with Crippen molar-refractivity contribution in [3.8, 4) is 5.75 Å². The molecular weight excluding hydrogens is 338 g/mol. The van der Waals surface area contributed by atoms with Crippen LogP contribution < -0.4 is 10.1 Å². The Morgan fingerprint density at radius 1 is 1.22 bits per heavy atom. The number of hydrogen-bond acceptors (Lipinski definition) is 4. The number of carbonyl (C=O) groups excluding carboxylic acids is 1. The average molecular weight is 367 g/mol. The van der Waals surface area contributed by atoms with Crippen molar-refractivity contribution in [2.45, 2.75) is 33.0 Å². The molecule has 0 fully saturated rings. The first kappa shape index (κ1) is 19.4. The molecular formula is C22H29N3O2. The predicted octanol–water partition coefficient (Wildman–Crippen LogP) is 3.28. The lowest BCUT2D eigenvalue weighted by Gasteiger charge is -2.31. The van der Waals surface area contributed by atoms with E-state index in [0.29, 0.717) is 12.6 Å². The fourth-order valence-electron chi connectivity index (χ4n) is 3.52. The van der Waals surface area contributed by atoms with Crippen molar-refractivity contribution >= 4 is 11.6 Å². The lowest BCUT2D eigenvalue weighted by Crippen LogP contribution is -2.43. The van der Waals surface area contributed by atoms with Crippen molar-refractivity contribution in [2.75, 3.05) is 32.6 Å². The van der Waals surface area contributed by atoms with Gasteiger partial charge >= 0.3 is 0 Å². The quantitative estimate of drug-likeness (QED) is 0.881. The van der Waals surface area contributed by atoms with Crippen molar-refractivity contribution in [3.05, 3.63) is 59.2 Å². The van der Waals surface area contributed by atoms with Gasteiger partial charge in [-0.3, -0.25) is 9.69 Å².